The van der Waals surface area contributed by atoms with Gasteiger partial charge >= 0.3 is 0 Å². The fraction of sp³-hybridized carbons (Fsp3) is 0.412. The fourth-order valence-electron chi connectivity index (χ4n) is 2.77. The zero-order valence-electron chi connectivity index (χ0n) is 11.9. The molecule has 0 unspecified atom stereocenters. The predicted molar refractivity (Wildman–Crippen MR) is 82.5 cm³/mol. The number of hydrogen-bond donors (Lipinski definition) is 1. The maximum absolute atomic E-state index is 4.45. The summed E-state index contributed by atoms with van der Waals surface area (Å²) < 4.78 is 0. The van der Waals surface area contributed by atoms with Gasteiger partial charge in [0.15, 0.2) is 0 Å². The van der Waals surface area contributed by atoms with Gasteiger partial charge in [0.1, 0.15) is 0 Å². The van der Waals surface area contributed by atoms with Crippen molar-refractivity contribution in [2.45, 2.75) is 38.6 Å². The number of anilines is 1. The second kappa shape index (κ2) is 6.04. The van der Waals surface area contributed by atoms with Crippen LogP contribution in [0, 0.1) is 5.92 Å². The topological polar surface area (TPSA) is 37.8 Å². The van der Waals surface area contributed by atoms with Crippen LogP contribution in [0.1, 0.15) is 32.6 Å². The summed E-state index contributed by atoms with van der Waals surface area (Å²) in [6.45, 7) is 2.33. The molecule has 3 rings (SSSR count). The minimum absolute atomic E-state index is 0.536. The van der Waals surface area contributed by atoms with Gasteiger partial charge in [0.05, 0.1) is 0 Å². The molecule has 1 aromatic carbocycles. The van der Waals surface area contributed by atoms with E-state index in [1.807, 2.05) is 30.6 Å². The first kappa shape index (κ1) is 13.1. The molecule has 2 aromatic rings. The lowest BCUT2D eigenvalue weighted by Gasteiger charge is -2.26. The van der Waals surface area contributed by atoms with Crippen molar-refractivity contribution in [2.24, 2.45) is 5.92 Å². The molecule has 20 heavy (non-hydrogen) atoms. The number of benzene rings is 1. The van der Waals surface area contributed by atoms with Gasteiger partial charge in [-0.1, -0.05) is 37.3 Å². The molecule has 1 aromatic heterocycles. The van der Waals surface area contributed by atoms with Gasteiger partial charge in [-0.3, -0.25) is 0 Å². The van der Waals surface area contributed by atoms with E-state index in [2.05, 4.69) is 34.3 Å². The maximum Gasteiger partial charge on any atom is 0.222 e. The molecular weight excluding hydrogens is 246 g/mol. The minimum Gasteiger partial charge on any atom is -0.351 e. The van der Waals surface area contributed by atoms with Crippen molar-refractivity contribution in [3.63, 3.8) is 0 Å². The molecule has 0 saturated heterocycles. The third-order valence-electron chi connectivity index (χ3n) is 4.11. The number of nitrogens with one attached hydrogen (secondary N) is 1. The van der Waals surface area contributed by atoms with Gasteiger partial charge in [-0.25, -0.2) is 9.97 Å². The molecule has 0 amide bonds. The van der Waals surface area contributed by atoms with Crippen LogP contribution in [0.25, 0.3) is 11.1 Å². The molecule has 1 saturated carbocycles. The molecule has 0 spiro atoms. The minimum atomic E-state index is 0.536. The van der Waals surface area contributed by atoms with Gasteiger partial charge in [-0.2, -0.15) is 0 Å². The Labute approximate surface area is 120 Å². The van der Waals surface area contributed by atoms with Crippen LogP contribution >= 0.6 is 0 Å². The van der Waals surface area contributed by atoms with Gasteiger partial charge < -0.3 is 5.32 Å². The highest BCUT2D eigenvalue weighted by atomic mass is 15.1. The van der Waals surface area contributed by atoms with E-state index in [1.54, 1.807) is 0 Å². The van der Waals surface area contributed by atoms with E-state index in [1.165, 1.54) is 25.7 Å². The van der Waals surface area contributed by atoms with Crippen molar-refractivity contribution in [1.82, 2.24) is 9.97 Å². The maximum atomic E-state index is 4.45. The Morgan fingerprint density at radius 2 is 1.55 bits per heavy atom. The van der Waals surface area contributed by atoms with Crippen molar-refractivity contribution in [3.8, 4) is 11.1 Å². The van der Waals surface area contributed by atoms with Crippen molar-refractivity contribution < 1.29 is 0 Å². The van der Waals surface area contributed by atoms with Crippen LogP contribution in [0.3, 0.4) is 0 Å². The van der Waals surface area contributed by atoms with E-state index in [-0.39, 0.29) is 0 Å². The lowest BCUT2D eigenvalue weighted by molar-refractivity contribution is 0.360. The van der Waals surface area contributed by atoms with Crippen LogP contribution in [0.5, 0.6) is 0 Å². The first-order valence-electron chi connectivity index (χ1n) is 7.45. The summed E-state index contributed by atoms with van der Waals surface area (Å²) in [5.41, 5.74) is 2.22. The van der Waals surface area contributed by atoms with Crippen LogP contribution in [0.2, 0.25) is 0 Å². The summed E-state index contributed by atoms with van der Waals surface area (Å²) >= 11 is 0. The fourth-order valence-corrected chi connectivity index (χ4v) is 2.77. The highest BCUT2D eigenvalue weighted by molar-refractivity contribution is 5.61. The smallest absolute Gasteiger partial charge is 0.222 e. The molecule has 1 N–H and O–H groups in total. The Bertz CT molecular complexity index is 528. The van der Waals surface area contributed by atoms with Crippen molar-refractivity contribution >= 4 is 5.95 Å². The van der Waals surface area contributed by atoms with Crippen molar-refractivity contribution in [3.05, 3.63) is 42.7 Å². The highest BCUT2D eigenvalue weighted by Gasteiger charge is 2.18. The van der Waals surface area contributed by atoms with E-state index < -0.39 is 0 Å². The number of hydrogen-bond acceptors (Lipinski definition) is 3. The Balaban J connectivity index is 1.65. The quantitative estimate of drug-likeness (QED) is 0.908. The summed E-state index contributed by atoms with van der Waals surface area (Å²) in [7, 11) is 0. The molecule has 0 aliphatic heterocycles. The van der Waals surface area contributed by atoms with Gasteiger partial charge in [0.25, 0.3) is 0 Å². The average Bonchev–Trinajstić information content (AvgIpc) is 2.51. The molecule has 1 fully saturated rings. The second-order valence-electron chi connectivity index (χ2n) is 5.76. The molecular formula is C17H21N3. The lowest BCUT2D eigenvalue weighted by Crippen LogP contribution is -2.26. The molecule has 1 aliphatic carbocycles. The Morgan fingerprint density at radius 3 is 2.20 bits per heavy atom. The Morgan fingerprint density at radius 1 is 0.900 bits per heavy atom. The molecule has 1 heterocycles. The molecule has 3 nitrogen and oxygen atoms in total. The molecule has 0 bridgehead atoms. The molecule has 0 atom stereocenters. The standard InChI is InChI=1S/C17H21N3/c1-13-7-9-16(10-8-13)20-17-18-11-15(12-19-17)14-5-3-2-4-6-14/h2-6,11-13,16H,7-10H2,1H3,(H,18,19,20)/t13-,16-. The SMILES string of the molecule is C[C@H]1CC[C@H](Nc2ncc(-c3ccccc3)cn2)CC1. The lowest BCUT2D eigenvalue weighted by atomic mass is 9.87. The van der Waals surface area contributed by atoms with E-state index in [0.29, 0.717) is 6.04 Å². The van der Waals surface area contributed by atoms with Crippen LogP contribution in [0.15, 0.2) is 42.7 Å². The average molecular weight is 267 g/mol. The van der Waals surface area contributed by atoms with Crippen LogP contribution in [-0.4, -0.2) is 16.0 Å². The number of rotatable bonds is 3. The van der Waals surface area contributed by atoms with Gasteiger partial charge in [0, 0.05) is 24.0 Å². The van der Waals surface area contributed by atoms with Crippen LogP contribution in [0.4, 0.5) is 5.95 Å². The Hall–Kier alpha value is -1.90. The van der Waals surface area contributed by atoms with E-state index in [9.17, 15) is 0 Å². The van der Waals surface area contributed by atoms with Crippen LogP contribution in [-0.2, 0) is 0 Å². The van der Waals surface area contributed by atoms with Crippen molar-refractivity contribution in [2.75, 3.05) is 5.32 Å². The normalized spacial score (nSPS) is 22.4. The third kappa shape index (κ3) is 3.16. The zero-order valence-corrected chi connectivity index (χ0v) is 11.9. The molecule has 1 aliphatic rings. The molecule has 104 valence electrons. The number of nitrogens with zero attached hydrogens (tertiary/aromatic N) is 2. The van der Waals surface area contributed by atoms with Crippen molar-refractivity contribution in [1.29, 1.82) is 0 Å². The summed E-state index contributed by atoms with van der Waals surface area (Å²) in [6, 6.07) is 10.8. The summed E-state index contributed by atoms with van der Waals surface area (Å²) in [5.74, 6) is 1.62. The summed E-state index contributed by atoms with van der Waals surface area (Å²) in [6.07, 6.45) is 8.86. The Kier molecular flexibility index (Phi) is 3.95. The van der Waals surface area contributed by atoms with Gasteiger partial charge in [-0.05, 0) is 37.2 Å². The van der Waals surface area contributed by atoms with Crippen LogP contribution < -0.4 is 5.32 Å². The third-order valence-corrected chi connectivity index (χ3v) is 4.11. The first-order valence-corrected chi connectivity index (χ1v) is 7.45. The second-order valence-corrected chi connectivity index (χ2v) is 5.76. The molecule has 0 radical (unpaired) electrons. The van der Waals surface area contributed by atoms with Gasteiger partial charge in [0.2, 0.25) is 5.95 Å². The predicted octanol–water partition coefficient (Wildman–Crippen LogP) is 4.13. The largest absolute Gasteiger partial charge is 0.351 e. The molecule has 3 heteroatoms. The zero-order chi connectivity index (χ0) is 13.8. The highest BCUT2D eigenvalue weighted by Crippen LogP contribution is 2.25. The summed E-state index contributed by atoms with van der Waals surface area (Å²) in [4.78, 5) is 8.89. The van der Waals surface area contributed by atoms with Gasteiger partial charge in [-0.15, -0.1) is 0 Å². The summed E-state index contributed by atoms with van der Waals surface area (Å²) in [5, 5.41) is 3.46. The van der Waals surface area contributed by atoms with E-state index in [0.717, 1.165) is 23.0 Å². The number of aromatic nitrogens is 2. The monoisotopic (exact) mass is 267 g/mol. The first-order chi connectivity index (χ1) is 9.81. The van der Waals surface area contributed by atoms with E-state index in [4.69, 9.17) is 0 Å². The van der Waals surface area contributed by atoms with E-state index >= 15 is 0 Å².